The Hall–Kier alpha value is -1.55. The number of benzene rings is 1. The van der Waals surface area contributed by atoms with E-state index in [0.29, 0.717) is 12.5 Å². The molecule has 0 spiro atoms. The number of ether oxygens (including phenoxy) is 2. The van der Waals surface area contributed by atoms with Gasteiger partial charge in [0.25, 0.3) is 0 Å². The second-order valence-corrected chi connectivity index (χ2v) is 5.33. The standard InChI is InChI=1S/C16H23NO3/c1-13(7-10-20-15-5-3-2-4-6-15)16(18)17-11-14-8-9-19-12-14/h2-6,13-14H,7-12H2,1H3,(H,17,18)/t13-,14+/m0/s1. The van der Waals surface area contributed by atoms with Crippen molar-refractivity contribution in [2.45, 2.75) is 19.8 Å². The molecule has 1 fully saturated rings. The van der Waals surface area contributed by atoms with E-state index in [9.17, 15) is 4.79 Å². The van der Waals surface area contributed by atoms with Gasteiger partial charge >= 0.3 is 0 Å². The molecular formula is C16H23NO3. The van der Waals surface area contributed by atoms with Gasteiger partial charge in [-0.25, -0.2) is 0 Å². The van der Waals surface area contributed by atoms with Crippen LogP contribution in [-0.4, -0.2) is 32.3 Å². The van der Waals surface area contributed by atoms with Crippen molar-refractivity contribution in [1.82, 2.24) is 5.32 Å². The zero-order valence-corrected chi connectivity index (χ0v) is 12.0. The molecule has 0 aromatic heterocycles. The summed E-state index contributed by atoms with van der Waals surface area (Å²) in [5, 5.41) is 3.00. The van der Waals surface area contributed by atoms with E-state index < -0.39 is 0 Å². The molecule has 1 heterocycles. The van der Waals surface area contributed by atoms with Crippen molar-refractivity contribution in [2.75, 3.05) is 26.4 Å². The maximum absolute atomic E-state index is 11.9. The van der Waals surface area contributed by atoms with Crippen molar-refractivity contribution < 1.29 is 14.3 Å². The van der Waals surface area contributed by atoms with E-state index in [0.717, 1.165) is 38.3 Å². The van der Waals surface area contributed by atoms with Gasteiger partial charge in [-0.1, -0.05) is 25.1 Å². The molecule has 110 valence electrons. The highest BCUT2D eigenvalue weighted by atomic mass is 16.5. The minimum atomic E-state index is -0.0268. The first kappa shape index (κ1) is 14.9. The van der Waals surface area contributed by atoms with Gasteiger partial charge < -0.3 is 14.8 Å². The molecule has 1 amide bonds. The van der Waals surface area contributed by atoms with E-state index >= 15 is 0 Å². The van der Waals surface area contributed by atoms with E-state index in [1.165, 1.54) is 0 Å². The third-order valence-electron chi connectivity index (χ3n) is 3.60. The molecule has 1 aliphatic rings. The van der Waals surface area contributed by atoms with Gasteiger partial charge in [-0.3, -0.25) is 4.79 Å². The summed E-state index contributed by atoms with van der Waals surface area (Å²) in [5.41, 5.74) is 0. The third-order valence-corrected chi connectivity index (χ3v) is 3.60. The van der Waals surface area contributed by atoms with Crippen LogP contribution < -0.4 is 10.1 Å². The topological polar surface area (TPSA) is 47.6 Å². The van der Waals surface area contributed by atoms with Crippen LogP contribution >= 0.6 is 0 Å². The quantitative estimate of drug-likeness (QED) is 0.831. The molecule has 2 atom stereocenters. The SMILES string of the molecule is C[C@@H](CCOc1ccccc1)C(=O)NC[C@H]1CCOC1. The normalized spacial score (nSPS) is 19.6. The zero-order valence-electron chi connectivity index (χ0n) is 12.0. The number of carbonyl (C=O) groups excluding carboxylic acids is 1. The first-order chi connectivity index (χ1) is 9.75. The Bertz CT molecular complexity index is 401. The van der Waals surface area contributed by atoms with Crippen molar-refractivity contribution in [3.8, 4) is 5.75 Å². The summed E-state index contributed by atoms with van der Waals surface area (Å²) in [6, 6.07) is 9.68. The number of carbonyl (C=O) groups is 1. The van der Waals surface area contributed by atoms with Gasteiger partial charge in [0.05, 0.1) is 13.2 Å². The van der Waals surface area contributed by atoms with Gasteiger partial charge in [0.1, 0.15) is 5.75 Å². The van der Waals surface area contributed by atoms with Gasteiger partial charge in [0, 0.05) is 25.0 Å². The molecule has 0 saturated carbocycles. The molecular weight excluding hydrogens is 254 g/mol. The maximum atomic E-state index is 11.9. The Balaban J connectivity index is 1.61. The first-order valence-electron chi connectivity index (χ1n) is 7.29. The van der Waals surface area contributed by atoms with Crippen LogP contribution in [0.1, 0.15) is 19.8 Å². The molecule has 20 heavy (non-hydrogen) atoms. The van der Waals surface area contributed by atoms with Crippen molar-refractivity contribution >= 4 is 5.91 Å². The number of hydrogen-bond donors (Lipinski definition) is 1. The minimum Gasteiger partial charge on any atom is -0.494 e. The number of amides is 1. The lowest BCUT2D eigenvalue weighted by Crippen LogP contribution is -2.34. The van der Waals surface area contributed by atoms with Crippen molar-refractivity contribution in [3.05, 3.63) is 30.3 Å². The van der Waals surface area contributed by atoms with Crippen LogP contribution in [-0.2, 0) is 9.53 Å². The first-order valence-corrected chi connectivity index (χ1v) is 7.29. The number of rotatable bonds is 7. The largest absolute Gasteiger partial charge is 0.494 e. The second-order valence-electron chi connectivity index (χ2n) is 5.33. The van der Waals surface area contributed by atoms with Gasteiger partial charge in [-0.05, 0) is 25.0 Å². The molecule has 2 rings (SSSR count). The molecule has 0 unspecified atom stereocenters. The lowest BCUT2D eigenvalue weighted by molar-refractivity contribution is -0.125. The second kappa shape index (κ2) is 7.90. The van der Waals surface area contributed by atoms with E-state index in [2.05, 4.69) is 5.32 Å². The van der Waals surface area contributed by atoms with E-state index in [1.54, 1.807) is 0 Å². The van der Waals surface area contributed by atoms with Crippen LogP contribution in [0.5, 0.6) is 5.75 Å². The van der Waals surface area contributed by atoms with Crippen molar-refractivity contribution in [3.63, 3.8) is 0 Å². The molecule has 1 saturated heterocycles. The Kier molecular flexibility index (Phi) is 5.87. The van der Waals surface area contributed by atoms with Crippen LogP contribution in [0.2, 0.25) is 0 Å². The summed E-state index contributed by atoms with van der Waals surface area (Å²) >= 11 is 0. The summed E-state index contributed by atoms with van der Waals surface area (Å²) in [7, 11) is 0. The van der Waals surface area contributed by atoms with Gasteiger partial charge in [-0.2, -0.15) is 0 Å². The van der Waals surface area contributed by atoms with Gasteiger partial charge in [0.15, 0.2) is 0 Å². The van der Waals surface area contributed by atoms with Gasteiger partial charge in [0.2, 0.25) is 5.91 Å². The van der Waals surface area contributed by atoms with Crippen LogP contribution in [0.3, 0.4) is 0 Å². The van der Waals surface area contributed by atoms with E-state index in [4.69, 9.17) is 9.47 Å². The highest BCUT2D eigenvalue weighted by molar-refractivity contribution is 5.78. The molecule has 0 radical (unpaired) electrons. The van der Waals surface area contributed by atoms with Gasteiger partial charge in [-0.15, -0.1) is 0 Å². The Morgan fingerprint density at radius 3 is 2.95 bits per heavy atom. The molecule has 4 nitrogen and oxygen atoms in total. The summed E-state index contributed by atoms with van der Waals surface area (Å²) in [4.78, 5) is 11.9. The molecule has 0 bridgehead atoms. The van der Waals surface area contributed by atoms with Crippen LogP contribution in [0, 0.1) is 11.8 Å². The lowest BCUT2D eigenvalue weighted by atomic mass is 10.1. The number of para-hydroxylation sites is 1. The summed E-state index contributed by atoms with van der Waals surface area (Å²) in [6.07, 6.45) is 1.77. The predicted octanol–water partition coefficient (Wildman–Crippen LogP) is 2.24. The average molecular weight is 277 g/mol. The fourth-order valence-corrected chi connectivity index (χ4v) is 2.16. The molecule has 1 aliphatic heterocycles. The maximum Gasteiger partial charge on any atom is 0.222 e. The molecule has 4 heteroatoms. The molecule has 1 aromatic carbocycles. The van der Waals surface area contributed by atoms with Crippen LogP contribution in [0.25, 0.3) is 0 Å². The Morgan fingerprint density at radius 2 is 2.25 bits per heavy atom. The fraction of sp³-hybridized carbons (Fsp3) is 0.562. The lowest BCUT2D eigenvalue weighted by Gasteiger charge is -2.14. The summed E-state index contributed by atoms with van der Waals surface area (Å²) < 4.78 is 10.9. The minimum absolute atomic E-state index is 0.0268. The Labute approximate surface area is 120 Å². The van der Waals surface area contributed by atoms with Crippen molar-refractivity contribution in [2.24, 2.45) is 11.8 Å². The highest BCUT2D eigenvalue weighted by Crippen LogP contribution is 2.12. The fourth-order valence-electron chi connectivity index (χ4n) is 2.16. The highest BCUT2D eigenvalue weighted by Gasteiger charge is 2.18. The smallest absolute Gasteiger partial charge is 0.222 e. The summed E-state index contributed by atoms with van der Waals surface area (Å²) in [6.45, 7) is 4.81. The van der Waals surface area contributed by atoms with Crippen LogP contribution in [0.4, 0.5) is 0 Å². The van der Waals surface area contributed by atoms with E-state index in [-0.39, 0.29) is 11.8 Å². The molecule has 0 aliphatic carbocycles. The number of hydrogen-bond acceptors (Lipinski definition) is 3. The number of nitrogens with one attached hydrogen (secondary N) is 1. The molecule has 1 aromatic rings. The third kappa shape index (κ3) is 4.85. The van der Waals surface area contributed by atoms with Crippen LogP contribution in [0.15, 0.2) is 30.3 Å². The average Bonchev–Trinajstić information content (AvgIpc) is 2.99. The van der Waals surface area contributed by atoms with Crippen molar-refractivity contribution in [1.29, 1.82) is 0 Å². The monoisotopic (exact) mass is 277 g/mol. The molecule has 1 N–H and O–H groups in total. The van der Waals surface area contributed by atoms with E-state index in [1.807, 2.05) is 37.3 Å². The Morgan fingerprint density at radius 1 is 1.45 bits per heavy atom. The summed E-state index contributed by atoms with van der Waals surface area (Å²) in [5.74, 6) is 1.41. The zero-order chi connectivity index (χ0) is 14.2. The predicted molar refractivity (Wildman–Crippen MR) is 77.7 cm³/mol.